The summed E-state index contributed by atoms with van der Waals surface area (Å²) >= 11 is 0. The van der Waals surface area contributed by atoms with Gasteiger partial charge in [0.05, 0.1) is 12.1 Å². The van der Waals surface area contributed by atoms with Crippen LogP contribution in [0.3, 0.4) is 0 Å². The van der Waals surface area contributed by atoms with Crippen LogP contribution in [0.1, 0.15) is 12.8 Å². The largest absolute Gasteiger partial charge is 0.481 e. The Hall–Kier alpha value is -2.44. The maximum absolute atomic E-state index is 11.3. The normalized spacial score (nSPS) is 18.8. The van der Waals surface area contributed by atoms with Gasteiger partial charge in [-0.25, -0.2) is 0 Å². The SMILES string of the molecule is O=C(O)C1CC1CC[P+](c1ccccc1)(c1ccccc1)c1ccccc1. The van der Waals surface area contributed by atoms with Crippen LogP contribution in [0, 0.1) is 11.8 Å². The zero-order valence-electron chi connectivity index (χ0n) is 15.2. The zero-order valence-corrected chi connectivity index (χ0v) is 16.1. The van der Waals surface area contributed by atoms with Gasteiger partial charge in [0.25, 0.3) is 0 Å². The minimum atomic E-state index is -1.82. The number of aliphatic carboxylic acids is 1. The Balaban J connectivity index is 1.81. The third kappa shape index (κ3) is 3.55. The van der Waals surface area contributed by atoms with Crippen molar-refractivity contribution in [3.63, 3.8) is 0 Å². The molecular weight excluding hydrogens is 351 g/mol. The van der Waals surface area contributed by atoms with E-state index in [1.54, 1.807) is 0 Å². The molecule has 0 radical (unpaired) electrons. The van der Waals surface area contributed by atoms with Gasteiger partial charge >= 0.3 is 5.97 Å². The van der Waals surface area contributed by atoms with Crippen LogP contribution in [0.25, 0.3) is 0 Å². The average Bonchev–Trinajstić information content (AvgIpc) is 3.51. The third-order valence-electron chi connectivity index (χ3n) is 5.67. The van der Waals surface area contributed by atoms with Crippen molar-refractivity contribution < 1.29 is 9.90 Å². The van der Waals surface area contributed by atoms with Gasteiger partial charge in [-0.1, -0.05) is 54.6 Å². The van der Waals surface area contributed by atoms with Gasteiger partial charge in [-0.2, -0.15) is 0 Å². The van der Waals surface area contributed by atoms with Crippen molar-refractivity contribution in [3.05, 3.63) is 91.0 Å². The van der Waals surface area contributed by atoms with Gasteiger partial charge in [-0.05, 0) is 55.2 Å². The number of benzene rings is 3. The molecule has 1 fully saturated rings. The summed E-state index contributed by atoms with van der Waals surface area (Å²) in [7, 11) is -1.82. The molecular formula is C24H24O2P+. The molecule has 27 heavy (non-hydrogen) atoms. The first-order valence-corrected chi connectivity index (χ1v) is 11.5. The monoisotopic (exact) mass is 375 g/mol. The van der Waals surface area contributed by atoms with E-state index in [4.69, 9.17) is 0 Å². The number of carbonyl (C=O) groups is 1. The highest BCUT2D eigenvalue weighted by atomic mass is 31.2. The Morgan fingerprint density at radius 1 is 0.778 bits per heavy atom. The summed E-state index contributed by atoms with van der Waals surface area (Å²) in [5, 5.41) is 13.4. The third-order valence-corrected chi connectivity index (χ3v) is 10.1. The van der Waals surface area contributed by atoms with Gasteiger partial charge in [0.1, 0.15) is 23.2 Å². The second-order valence-electron chi connectivity index (χ2n) is 7.27. The molecule has 1 aliphatic rings. The molecule has 136 valence electrons. The van der Waals surface area contributed by atoms with Gasteiger partial charge in [0, 0.05) is 0 Å². The highest BCUT2D eigenvalue weighted by Gasteiger charge is 2.49. The molecule has 0 bridgehead atoms. The van der Waals surface area contributed by atoms with Crippen molar-refractivity contribution >= 4 is 29.1 Å². The second-order valence-corrected chi connectivity index (χ2v) is 10.9. The summed E-state index contributed by atoms with van der Waals surface area (Å²) in [5.41, 5.74) is 0. The van der Waals surface area contributed by atoms with Crippen LogP contribution < -0.4 is 15.9 Å². The Kier molecular flexibility index (Phi) is 5.09. The van der Waals surface area contributed by atoms with Crippen molar-refractivity contribution in [1.29, 1.82) is 0 Å². The number of rotatable bonds is 7. The van der Waals surface area contributed by atoms with E-state index in [-0.39, 0.29) is 5.92 Å². The first-order valence-electron chi connectivity index (χ1n) is 9.49. The van der Waals surface area contributed by atoms with Crippen molar-refractivity contribution in [1.82, 2.24) is 0 Å². The standard InChI is InChI=1S/C24H23O2P/c25-24(26)23-18-19(23)16-17-27(20-10-4-1-5-11-20,21-12-6-2-7-13-21)22-14-8-3-9-15-22/h1-15,19,23H,16-18H2/p+1. The highest BCUT2D eigenvalue weighted by molar-refractivity contribution is 7.95. The van der Waals surface area contributed by atoms with E-state index >= 15 is 0 Å². The lowest BCUT2D eigenvalue weighted by Crippen LogP contribution is -2.33. The van der Waals surface area contributed by atoms with Crippen LogP contribution in [0.5, 0.6) is 0 Å². The molecule has 2 atom stereocenters. The van der Waals surface area contributed by atoms with E-state index in [0.717, 1.165) is 19.0 Å². The zero-order chi connectivity index (χ0) is 18.7. The van der Waals surface area contributed by atoms with E-state index in [1.807, 2.05) is 0 Å². The fourth-order valence-electron chi connectivity index (χ4n) is 4.11. The first-order chi connectivity index (χ1) is 13.2. The van der Waals surface area contributed by atoms with Crippen LogP contribution >= 0.6 is 7.26 Å². The van der Waals surface area contributed by atoms with Gasteiger partial charge in [-0.3, -0.25) is 4.79 Å². The van der Waals surface area contributed by atoms with Crippen LogP contribution in [0.4, 0.5) is 0 Å². The quantitative estimate of drug-likeness (QED) is 0.632. The number of hydrogen-bond donors (Lipinski definition) is 1. The van der Waals surface area contributed by atoms with Crippen LogP contribution in [-0.2, 0) is 4.79 Å². The molecule has 3 aromatic carbocycles. The molecule has 0 aromatic heterocycles. The Labute approximate surface area is 161 Å². The molecule has 0 aliphatic heterocycles. The maximum atomic E-state index is 11.3. The molecule has 0 heterocycles. The molecule has 2 unspecified atom stereocenters. The van der Waals surface area contributed by atoms with Gasteiger partial charge < -0.3 is 5.11 Å². The molecule has 0 spiro atoms. The van der Waals surface area contributed by atoms with Crippen LogP contribution in [0.15, 0.2) is 91.0 Å². The van der Waals surface area contributed by atoms with Crippen molar-refractivity contribution in [2.45, 2.75) is 12.8 Å². The van der Waals surface area contributed by atoms with Crippen molar-refractivity contribution in [2.24, 2.45) is 11.8 Å². The van der Waals surface area contributed by atoms with E-state index in [9.17, 15) is 9.90 Å². The second kappa shape index (κ2) is 7.66. The summed E-state index contributed by atoms with van der Waals surface area (Å²) in [6.45, 7) is 0. The number of hydrogen-bond acceptors (Lipinski definition) is 1. The minimum absolute atomic E-state index is 0.144. The lowest BCUT2D eigenvalue weighted by atomic mass is 10.2. The lowest BCUT2D eigenvalue weighted by molar-refractivity contribution is -0.138. The molecule has 2 nitrogen and oxygen atoms in total. The smallest absolute Gasteiger partial charge is 0.306 e. The number of carboxylic acid groups (broad SMARTS) is 1. The summed E-state index contributed by atoms with van der Waals surface area (Å²) in [4.78, 5) is 11.3. The summed E-state index contributed by atoms with van der Waals surface area (Å²) in [6.07, 6.45) is 2.80. The van der Waals surface area contributed by atoms with E-state index in [2.05, 4.69) is 91.0 Å². The molecule has 1 N–H and O–H groups in total. The lowest BCUT2D eigenvalue weighted by Gasteiger charge is -2.27. The molecule has 3 heteroatoms. The van der Waals surface area contributed by atoms with Crippen molar-refractivity contribution in [3.8, 4) is 0 Å². The fourth-order valence-corrected chi connectivity index (χ4v) is 8.54. The first kappa shape index (κ1) is 17.9. The molecule has 0 amide bonds. The fraction of sp³-hybridized carbons (Fsp3) is 0.208. The minimum Gasteiger partial charge on any atom is -0.481 e. The Morgan fingerprint density at radius 3 is 1.52 bits per heavy atom. The van der Waals surface area contributed by atoms with Crippen LogP contribution in [0.2, 0.25) is 0 Å². The van der Waals surface area contributed by atoms with Gasteiger partial charge in [0.15, 0.2) is 0 Å². The van der Waals surface area contributed by atoms with E-state index in [0.29, 0.717) is 5.92 Å². The van der Waals surface area contributed by atoms with Crippen molar-refractivity contribution in [2.75, 3.05) is 6.16 Å². The average molecular weight is 375 g/mol. The van der Waals surface area contributed by atoms with E-state index in [1.165, 1.54) is 15.9 Å². The van der Waals surface area contributed by atoms with Gasteiger partial charge in [-0.15, -0.1) is 0 Å². The number of carboxylic acids is 1. The molecule has 1 saturated carbocycles. The topological polar surface area (TPSA) is 37.3 Å². The predicted molar refractivity (Wildman–Crippen MR) is 114 cm³/mol. The molecule has 1 aliphatic carbocycles. The van der Waals surface area contributed by atoms with E-state index < -0.39 is 13.2 Å². The molecule has 4 rings (SSSR count). The molecule has 0 saturated heterocycles. The molecule has 3 aromatic rings. The Morgan fingerprint density at radius 2 is 1.19 bits per heavy atom. The predicted octanol–water partition coefficient (Wildman–Crippen LogP) is 4.09. The van der Waals surface area contributed by atoms with Crippen LogP contribution in [-0.4, -0.2) is 17.2 Å². The Bertz CT molecular complexity index is 797. The van der Waals surface area contributed by atoms with Gasteiger partial charge in [0.2, 0.25) is 0 Å². The highest BCUT2D eigenvalue weighted by Crippen LogP contribution is 2.58. The maximum Gasteiger partial charge on any atom is 0.306 e. The summed E-state index contributed by atoms with van der Waals surface area (Å²) < 4.78 is 0. The summed E-state index contributed by atoms with van der Waals surface area (Å²) in [6, 6.07) is 32.4. The summed E-state index contributed by atoms with van der Waals surface area (Å²) in [5.74, 6) is -0.463.